The maximum atomic E-state index is 13.9. The lowest BCUT2D eigenvalue weighted by atomic mass is 10.1. The van der Waals surface area contributed by atoms with Crippen LogP contribution >= 0.6 is 11.8 Å². The maximum Gasteiger partial charge on any atom is 0.191 e. The van der Waals surface area contributed by atoms with Gasteiger partial charge in [0.2, 0.25) is 0 Å². The first-order valence-corrected chi connectivity index (χ1v) is 9.61. The Hall–Kier alpha value is -2.05. The third-order valence-electron chi connectivity index (χ3n) is 3.69. The molecule has 0 atom stereocenters. The standard InChI is InChI=1S/C20H27FN4S/c1-22-20(23-11-12-26-18-7-5-4-6-8-18)24-14-16-9-10-19(21)17(13-16)15-25(2)3/h4-10,13H,11-12,14-15H2,1-3H3,(H2,22,23,24). The van der Waals surface area contributed by atoms with Crippen LogP contribution in [0.1, 0.15) is 11.1 Å². The van der Waals surface area contributed by atoms with Gasteiger partial charge in [0.15, 0.2) is 5.96 Å². The second-order valence-corrected chi connectivity index (χ2v) is 7.35. The summed E-state index contributed by atoms with van der Waals surface area (Å²) in [5.74, 6) is 1.54. The summed E-state index contributed by atoms with van der Waals surface area (Å²) in [6.07, 6.45) is 0. The number of aliphatic imine (C=N–C) groups is 1. The summed E-state index contributed by atoms with van der Waals surface area (Å²) < 4.78 is 13.9. The van der Waals surface area contributed by atoms with Crippen LogP contribution in [0.15, 0.2) is 58.4 Å². The molecule has 0 amide bonds. The normalized spacial score (nSPS) is 11.7. The Balaban J connectivity index is 1.77. The average Bonchev–Trinajstić information content (AvgIpc) is 2.64. The van der Waals surface area contributed by atoms with Crippen LogP contribution in [0, 0.1) is 5.82 Å². The second-order valence-electron chi connectivity index (χ2n) is 6.18. The average molecular weight is 375 g/mol. The minimum atomic E-state index is -0.164. The summed E-state index contributed by atoms with van der Waals surface area (Å²) in [6, 6.07) is 15.6. The molecular formula is C20H27FN4S. The van der Waals surface area contributed by atoms with Gasteiger partial charge >= 0.3 is 0 Å². The summed E-state index contributed by atoms with van der Waals surface area (Å²) in [4.78, 5) is 7.46. The third kappa shape index (κ3) is 7.06. The molecule has 2 aromatic rings. The molecule has 0 aliphatic rings. The molecule has 2 aromatic carbocycles. The summed E-state index contributed by atoms with van der Waals surface area (Å²) in [5.41, 5.74) is 1.74. The lowest BCUT2D eigenvalue weighted by Crippen LogP contribution is -2.38. The van der Waals surface area contributed by atoms with Crippen molar-refractivity contribution in [1.29, 1.82) is 0 Å². The van der Waals surface area contributed by atoms with Crippen LogP contribution in [0.5, 0.6) is 0 Å². The van der Waals surface area contributed by atoms with E-state index in [-0.39, 0.29) is 5.82 Å². The molecule has 0 radical (unpaired) electrons. The van der Waals surface area contributed by atoms with Gasteiger partial charge in [-0.05, 0) is 43.9 Å². The lowest BCUT2D eigenvalue weighted by Gasteiger charge is -2.14. The predicted octanol–water partition coefficient (Wildman–Crippen LogP) is 3.34. The van der Waals surface area contributed by atoms with E-state index in [4.69, 9.17) is 0 Å². The molecule has 0 aliphatic carbocycles. The Morgan fingerprint density at radius 2 is 1.88 bits per heavy atom. The quantitative estimate of drug-likeness (QED) is 0.322. The molecule has 6 heteroatoms. The predicted molar refractivity (Wildman–Crippen MR) is 109 cm³/mol. The highest BCUT2D eigenvalue weighted by Crippen LogP contribution is 2.15. The molecule has 0 aromatic heterocycles. The van der Waals surface area contributed by atoms with Crippen molar-refractivity contribution in [2.45, 2.75) is 18.0 Å². The van der Waals surface area contributed by atoms with Crippen LogP contribution in [0.2, 0.25) is 0 Å². The fourth-order valence-corrected chi connectivity index (χ4v) is 3.25. The second kappa shape index (κ2) is 10.8. The van der Waals surface area contributed by atoms with Gasteiger partial charge in [0, 0.05) is 42.9 Å². The Morgan fingerprint density at radius 1 is 1.12 bits per heavy atom. The molecule has 0 bridgehead atoms. The van der Waals surface area contributed by atoms with Gasteiger partial charge in [0.05, 0.1) is 0 Å². The first-order valence-electron chi connectivity index (χ1n) is 8.63. The summed E-state index contributed by atoms with van der Waals surface area (Å²) in [7, 11) is 5.62. The topological polar surface area (TPSA) is 39.7 Å². The molecule has 0 aliphatic heterocycles. The van der Waals surface area contributed by atoms with E-state index in [1.165, 1.54) is 11.0 Å². The number of rotatable bonds is 8. The van der Waals surface area contributed by atoms with Crippen molar-refractivity contribution in [2.24, 2.45) is 4.99 Å². The van der Waals surface area contributed by atoms with E-state index in [1.807, 2.05) is 43.3 Å². The van der Waals surface area contributed by atoms with E-state index in [9.17, 15) is 4.39 Å². The first-order chi connectivity index (χ1) is 12.6. The van der Waals surface area contributed by atoms with Crippen LogP contribution in [-0.2, 0) is 13.1 Å². The number of nitrogens with zero attached hydrogens (tertiary/aromatic N) is 2. The SMILES string of the molecule is CN=C(NCCSc1ccccc1)NCc1ccc(F)c(CN(C)C)c1. The highest BCUT2D eigenvalue weighted by Gasteiger charge is 2.06. The van der Waals surface area contributed by atoms with Gasteiger partial charge in [-0.3, -0.25) is 4.99 Å². The van der Waals surface area contributed by atoms with Gasteiger partial charge in [-0.25, -0.2) is 4.39 Å². The zero-order valence-corrected chi connectivity index (χ0v) is 16.4. The highest BCUT2D eigenvalue weighted by molar-refractivity contribution is 7.99. The molecule has 0 unspecified atom stereocenters. The van der Waals surface area contributed by atoms with E-state index in [0.717, 1.165) is 23.8 Å². The highest BCUT2D eigenvalue weighted by atomic mass is 32.2. The first kappa shape index (κ1) is 20.3. The number of halogens is 1. The summed E-state index contributed by atoms with van der Waals surface area (Å²) in [5, 5.41) is 6.58. The number of thioether (sulfide) groups is 1. The minimum absolute atomic E-state index is 0.164. The van der Waals surface area contributed by atoms with E-state index >= 15 is 0 Å². The van der Waals surface area contributed by atoms with E-state index in [1.54, 1.807) is 24.9 Å². The van der Waals surface area contributed by atoms with Crippen molar-refractivity contribution in [1.82, 2.24) is 15.5 Å². The van der Waals surface area contributed by atoms with Crippen LogP contribution in [-0.4, -0.2) is 44.3 Å². The van der Waals surface area contributed by atoms with Crippen LogP contribution in [0.25, 0.3) is 0 Å². The van der Waals surface area contributed by atoms with Crippen molar-refractivity contribution in [3.05, 3.63) is 65.5 Å². The van der Waals surface area contributed by atoms with Crippen molar-refractivity contribution < 1.29 is 4.39 Å². The molecule has 4 nitrogen and oxygen atoms in total. The summed E-state index contributed by atoms with van der Waals surface area (Å²) in [6.45, 7) is 2.00. The number of benzene rings is 2. The third-order valence-corrected chi connectivity index (χ3v) is 4.70. The largest absolute Gasteiger partial charge is 0.356 e. The fourth-order valence-electron chi connectivity index (χ4n) is 2.46. The zero-order chi connectivity index (χ0) is 18.8. The van der Waals surface area contributed by atoms with Crippen LogP contribution in [0.4, 0.5) is 4.39 Å². The van der Waals surface area contributed by atoms with Gasteiger partial charge in [-0.1, -0.05) is 24.3 Å². The van der Waals surface area contributed by atoms with Crippen LogP contribution < -0.4 is 10.6 Å². The molecule has 2 rings (SSSR count). The van der Waals surface area contributed by atoms with Gasteiger partial charge in [0.1, 0.15) is 5.82 Å². The number of hydrogen-bond acceptors (Lipinski definition) is 3. The number of hydrogen-bond donors (Lipinski definition) is 2. The van der Waals surface area contributed by atoms with E-state index < -0.39 is 0 Å². The Bertz CT molecular complexity index is 704. The van der Waals surface area contributed by atoms with Gasteiger partial charge in [0.25, 0.3) is 0 Å². The molecule has 0 spiro atoms. The van der Waals surface area contributed by atoms with Crippen molar-refractivity contribution in [2.75, 3.05) is 33.4 Å². The molecule has 0 saturated carbocycles. The lowest BCUT2D eigenvalue weighted by molar-refractivity contribution is 0.392. The monoisotopic (exact) mass is 374 g/mol. The molecule has 2 N–H and O–H groups in total. The van der Waals surface area contributed by atoms with Crippen LogP contribution in [0.3, 0.4) is 0 Å². The van der Waals surface area contributed by atoms with Gasteiger partial charge in [-0.2, -0.15) is 0 Å². The van der Waals surface area contributed by atoms with Crippen molar-refractivity contribution in [3.63, 3.8) is 0 Å². The molecular weight excluding hydrogens is 347 g/mol. The molecule has 0 fully saturated rings. The molecule has 0 heterocycles. The van der Waals surface area contributed by atoms with E-state index in [2.05, 4.69) is 27.8 Å². The Morgan fingerprint density at radius 3 is 2.58 bits per heavy atom. The van der Waals surface area contributed by atoms with E-state index in [0.29, 0.717) is 18.7 Å². The number of nitrogens with one attached hydrogen (secondary N) is 2. The fraction of sp³-hybridized carbons (Fsp3) is 0.350. The minimum Gasteiger partial charge on any atom is -0.356 e. The molecule has 26 heavy (non-hydrogen) atoms. The Kier molecular flexibility index (Phi) is 8.44. The van der Waals surface area contributed by atoms with Gasteiger partial charge < -0.3 is 15.5 Å². The molecule has 140 valence electrons. The van der Waals surface area contributed by atoms with Crippen molar-refractivity contribution in [3.8, 4) is 0 Å². The zero-order valence-electron chi connectivity index (χ0n) is 15.6. The smallest absolute Gasteiger partial charge is 0.191 e. The summed E-state index contributed by atoms with van der Waals surface area (Å²) >= 11 is 1.80. The number of guanidine groups is 1. The van der Waals surface area contributed by atoms with Crippen molar-refractivity contribution >= 4 is 17.7 Å². The Labute approximate surface area is 159 Å². The maximum absolute atomic E-state index is 13.9. The molecule has 0 saturated heterocycles. The van der Waals surface area contributed by atoms with Gasteiger partial charge in [-0.15, -0.1) is 11.8 Å².